The van der Waals surface area contributed by atoms with Gasteiger partial charge in [0.1, 0.15) is 13.2 Å². The summed E-state index contributed by atoms with van der Waals surface area (Å²) in [4.78, 5) is 30.9. The Hall–Kier alpha value is -3.02. The van der Waals surface area contributed by atoms with Crippen LogP contribution in [0.25, 0.3) is 0 Å². The molecule has 0 N–H and O–H groups in total. The molecular weight excluding hydrogens is 404 g/mol. The Morgan fingerprint density at radius 1 is 1.06 bits per heavy atom. The molecule has 0 radical (unpaired) electrons. The van der Waals surface area contributed by atoms with Crippen LogP contribution in [0.4, 0.5) is 0 Å². The molecular formula is C26H30N2O4. The van der Waals surface area contributed by atoms with Crippen LogP contribution in [0.5, 0.6) is 11.5 Å². The summed E-state index contributed by atoms with van der Waals surface area (Å²) in [5, 5.41) is 0. The first-order valence-electron chi connectivity index (χ1n) is 11.6. The number of ether oxygens (including phenoxy) is 2. The van der Waals surface area contributed by atoms with Crippen LogP contribution in [0.3, 0.4) is 0 Å². The lowest BCUT2D eigenvalue weighted by molar-refractivity contribution is -0.140. The second-order valence-corrected chi connectivity index (χ2v) is 9.19. The van der Waals surface area contributed by atoms with Crippen molar-refractivity contribution >= 4 is 11.8 Å². The Kier molecular flexibility index (Phi) is 5.53. The fourth-order valence-electron chi connectivity index (χ4n) is 5.44. The molecule has 0 spiro atoms. The van der Waals surface area contributed by atoms with Crippen LogP contribution in [0, 0.1) is 0 Å². The van der Waals surface area contributed by atoms with E-state index >= 15 is 0 Å². The van der Waals surface area contributed by atoms with Crippen molar-refractivity contribution < 1.29 is 19.1 Å². The van der Waals surface area contributed by atoms with Crippen molar-refractivity contribution in [2.24, 2.45) is 0 Å². The van der Waals surface area contributed by atoms with Gasteiger partial charge in [0.15, 0.2) is 11.5 Å². The highest BCUT2D eigenvalue weighted by Crippen LogP contribution is 2.41. The van der Waals surface area contributed by atoms with E-state index in [0.717, 1.165) is 31.2 Å². The zero-order valence-electron chi connectivity index (χ0n) is 18.6. The predicted octanol–water partition coefficient (Wildman–Crippen LogP) is 4.03. The molecule has 0 saturated carbocycles. The van der Waals surface area contributed by atoms with Gasteiger partial charge in [-0.2, -0.15) is 0 Å². The lowest BCUT2D eigenvalue weighted by Gasteiger charge is -2.45. The molecule has 2 atom stereocenters. The van der Waals surface area contributed by atoms with Gasteiger partial charge in [-0.3, -0.25) is 9.59 Å². The minimum absolute atomic E-state index is 0.00313. The molecule has 5 rings (SSSR count). The van der Waals surface area contributed by atoms with Crippen molar-refractivity contribution in [1.82, 2.24) is 9.80 Å². The van der Waals surface area contributed by atoms with E-state index in [9.17, 15) is 9.59 Å². The maximum Gasteiger partial charge on any atom is 0.254 e. The molecule has 168 valence electrons. The van der Waals surface area contributed by atoms with Gasteiger partial charge in [-0.25, -0.2) is 0 Å². The lowest BCUT2D eigenvalue weighted by Crippen LogP contribution is -2.58. The van der Waals surface area contributed by atoms with Crippen LogP contribution in [0.2, 0.25) is 0 Å². The molecule has 6 heteroatoms. The molecule has 0 unspecified atom stereocenters. The van der Waals surface area contributed by atoms with Gasteiger partial charge >= 0.3 is 0 Å². The molecule has 2 fully saturated rings. The van der Waals surface area contributed by atoms with Gasteiger partial charge in [-0.15, -0.1) is 0 Å². The second-order valence-electron chi connectivity index (χ2n) is 9.19. The Morgan fingerprint density at radius 3 is 2.66 bits per heavy atom. The van der Waals surface area contributed by atoms with Crippen LogP contribution in [0.1, 0.15) is 54.9 Å². The fraction of sp³-hybridized carbons (Fsp3) is 0.462. The summed E-state index contributed by atoms with van der Waals surface area (Å²) < 4.78 is 11.3. The highest BCUT2D eigenvalue weighted by Gasteiger charge is 2.51. The minimum Gasteiger partial charge on any atom is -0.486 e. The summed E-state index contributed by atoms with van der Waals surface area (Å²) in [5.41, 5.74) is 1.36. The number of nitrogens with zero attached hydrogens (tertiary/aromatic N) is 2. The highest BCUT2D eigenvalue weighted by atomic mass is 16.6. The third kappa shape index (κ3) is 3.72. The van der Waals surface area contributed by atoms with Crippen LogP contribution in [0.15, 0.2) is 48.5 Å². The number of hydrogen-bond donors (Lipinski definition) is 0. The molecule has 3 heterocycles. The molecule has 0 aromatic heterocycles. The summed E-state index contributed by atoms with van der Waals surface area (Å²) in [5.74, 6) is 1.50. The molecule has 2 aromatic rings. The molecule has 2 amide bonds. The molecule has 32 heavy (non-hydrogen) atoms. The summed E-state index contributed by atoms with van der Waals surface area (Å²) in [6.45, 7) is 4.41. The summed E-state index contributed by atoms with van der Waals surface area (Å²) >= 11 is 0. The van der Waals surface area contributed by atoms with Crippen LogP contribution >= 0.6 is 0 Å². The standard InChI is InChI=1S/C26H30N2O4/c1-26-13-14-27(25(30)20-11-12-21-22(17-20)32-16-15-31-21)23(26)9-5-6-10-24(29)28(26)18-19-7-3-2-4-8-19/h2-4,7-8,11-12,17,23H,5-6,9-10,13-16,18H2,1H3/t23-,26-/m1/s1. The first-order valence-corrected chi connectivity index (χ1v) is 11.6. The Bertz CT molecular complexity index is 1010. The van der Waals surface area contributed by atoms with E-state index in [1.54, 1.807) is 6.07 Å². The van der Waals surface area contributed by atoms with Crippen LogP contribution < -0.4 is 9.47 Å². The third-order valence-electron chi connectivity index (χ3n) is 7.22. The maximum atomic E-state index is 13.6. The molecule has 0 bridgehead atoms. The maximum absolute atomic E-state index is 13.6. The first-order chi connectivity index (χ1) is 15.6. The zero-order chi connectivity index (χ0) is 22.1. The smallest absolute Gasteiger partial charge is 0.254 e. The number of likely N-dealkylation sites (tertiary alicyclic amines) is 2. The predicted molar refractivity (Wildman–Crippen MR) is 121 cm³/mol. The monoisotopic (exact) mass is 434 g/mol. The molecule has 2 aromatic carbocycles. The van der Waals surface area contributed by atoms with Crippen molar-refractivity contribution in [1.29, 1.82) is 0 Å². The Balaban J connectivity index is 1.44. The summed E-state index contributed by atoms with van der Waals surface area (Å²) in [6.07, 6.45) is 4.09. The van der Waals surface area contributed by atoms with E-state index < -0.39 is 0 Å². The average molecular weight is 435 g/mol. The SMILES string of the molecule is C[C@@]12CCN(C(=O)c3ccc4c(c3)OCCO4)[C@@H]1CCCCC(=O)N2Cc1ccccc1. The molecule has 2 saturated heterocycles. The number of rotatable bonds is 3. The topological polar surface area (TPSA) is 59.1 Å². The van der Waals surface area contributed by atoms with Crippen molar-refractivity contribution in [2.45, 2.75) is 57.2 Å². The van der Waals surface area contributed by atoms with Crippen LogP contribution in [-0.4, -0.2) is 53.0 Å². The van der Waals surface area contributed by atoms with E-state index in [0.29, 0.717) is 49.8 Å². The molecule has 0 aliphatic carbocycles. The third-order valence-corrected chi connectivity index (χ3v) is 7.22. The normalized spacial score (nSPS) is 25.2. The van der Waals surface area contributed by atoms with E-state index in [4.69, 9.17) is 9.47 Å². The van der Waals surface area contributed by atoms with E-state index in [2.05, 4.69) is 19.1 Å². The van der Waals surface area contributed by atoms with Gasteiger partial charge < -0.3 is 19.3 Å². The van der Waals surface area contributed by atoms with Crippen molar-refractivity contribution in [3.05, 3.63) is 59.7 Å². The minimum atomic E-state index is -0.378. The Labute approximate surface area is 189 Å². The zero-order valence-corrected chi connectivity index (χ0v) is 18.6. The number of benzene rings is 2. The van der Waals surface area contributed by atoms with Gasteiger partial charge in [0.05, 0.1) is 11.6 Å². The largest absolute Gasteiger partial charge is 0.486 e. The average Bonchev–Trinajstić information content (AvgIpc) is 3.15. The molecule has 3 aliphatic rings. The highest BCUT2D eigenvalue weighted by molar-refractivity contribution is 5.95. The number of fused-ring (bicyclic) bond motifs is 2. The number of carbonyl (C=O) groups excluding carboxylic acids is 2. The summed E-state index contributed by atoms with van der Waals surface area (Å²) in [6, 6.07) is 15.6. The van der Waals surface area contributed by atoms with Gasteiger partial charge in [-0.05, 0) is 49.9 Å². The number of amides is 2. The fourth-order valence-corrected chi connectivity index (χ4v) is 5.44. The van der Waals surface area contributed by atoms with Gasteiger partial charge in [0.2, 0.25) is 5.91 Å². The Morgan fingerprint density at radius 2 is 1.84 bits per heavy atom. The van der Waals surface area contributed by atoms with Gasteiger partial charge in [0.25, 0.3) is 5.91 Å². The first kappa shape index (κ1) is 20.9. The number of carbonyl (C=O) groups is 2. The molecule has 6 nitrogen and oxygen atoms in total. The van der Waals surface area contributed by atoms with Crippen molar-refractivity contribution in [2.75, 3.05) is 19.8 Å². The van der Waals surface area contributed by atoms with Crippen molar-refractivity contribution in [3.63, 3.8) is 0 Å². The van der Waals surface area contributed by atoms with E-state index in [-0.39, 0.29) is 23.4 Å². The lowest BCUT2D eigenvalue weighted by atomic mass is 9.84. The van der Waals surface area contributed by atoms with Crippen molar-refractivity contribution in [3.8, 4) is 11.5 Å². The van der Waals surface area contributed by atoms with E-state index in [1.807, 2.05) is 40.1 Å². The number of hydrogen-bond acceptors (Lipinski definition) is 4. The second kappa shape index (κ2) is 8.49. The van der Waals surface area contributed by atoms with Crippen LogP contribution in [-0.2, 0) is 11.3 Å². The quantitative estimate of drug-likeness (QED) is 0.732. The van der Waals surface area contributed by atoms with Gasteiger partial charge in [-0.1, -0.05) is 36.8 Å². The van der Waals surface area contributed by atoms with Gasteiger partial charge in [0, 0.05) is 25.1 Å². The summed E-state index contributed by atoms with van der Waals surface area (Å²) in [7, 11) is 0. The van der Waals surface area contributed by atoms with E-state index in [1.165, 1.54) is 0 Å². The molecule has 3 aliphatic heterocycles.